The lowest BCUT2D eigenvalue weighted by atomic mass is 10.0. The third kappa shape index (κ3) is 3.87. The van der Waals surface area contributed by atoms with Gasteiger partial charge in [-0.2, -0.15) is 0 Å². The maximum absolute atomic E-state index is 11.5. The Kier molecular flexibility index (Phi) is 5.08. The number of Topliss-reactive ketones (excluding diaryl/α,β-unsaturated/α-hetero) is 1. The molecule has 1 aliphatic rings. The number of hydrogen-bond donors (Lipinski definition) is 0. The number of ketones is 1. The smallest absolute Gasteiger partial charge is 0.159 e. The normalized spacial score (nSPS) is 14.1. The third-order valence-electron chi connectivity index (χ3n) is 5.93. The molecule has 4 aromatic rings. The summed E-state index contributed by atoms with van der Waals surface area (Å²) in [6, 6.07) is 22.6. The van der Waals surface area contributed by atoms with Gasteiger partial charge in [0.05, 0.1) is 18.1 Å². The number of benzene rings is 3. The Balaban J connectivity index is 1.34. The van der Waals surface area contributed by atoms with Gasteiger partial charge in [-0.15, -0.1) is 0 Å². The van der Waals surface area contributed by atoms with Crippen LogP contribution in [-0.4, -0.2) is 41.9 Å². The number of aromatic nitrogens is 2. The Morgan fingerprint density at radius 3 is 2.29 bits per heavy atom. The molecule has 5 rings (SSSR count). The predicted octanol–water partition coefficient (Wildman–Crippen LogP) is 4.83. The van der Waals surface area contributed by atoms with Crippen LogP contribution in [0.25, 0.3) is 22.0 Å². The fraction of sp³-hybridized carbons (Fsp3) is 0.192. The SMILES string of the molecule is CC(=O)c1ccc(N2CCN(c3cncc(-c4cccc5ccccc45)n3)CC2)cc1. The topological polar surface area (TPSA) is 49.3 Å². The van der Waals surface area contributed by atoms with Crippen molar-refractivity contribution in [3.05, 3.63) is 84.7 Å². The number of hydrogen-bond acceptors (Lipinski definition) is 5. The number of anilines is 2. The lowest BCUT2D eigenvalue weighted by Gasteiger charge is -2.36. The Morgan fingerprint density at radius 1 is 0.806 bits per heavy atom. The van der Waals surface area contributed by atoms with E-state index in [1.807, 2.05) is 36.7 Å². The van der Waals surface area contributed by atoms with E-state index in [9.17, 15) is 4.79 Å². The molecule has 1 aliphatic heterocycles. The second-order valence-corrected chi connectivity index (χ2v) is 7.87. The number of rotatable bonds is 4. The summed E-state index contributed by atoms with van der Waals surface area (Å²) in [6.45, 7) is 5.16. The third-order valence-corrected chi connectivity index (χ3v) is 5.93. The van der Waals surface area contributed by atoms with Crippen molar-refractivity contribution in [3.8, 4) is 11.3 Å². The lowest BCUT2D eigenvalue weighted by molar-refractivity contribution is 0.101. The quantitative estimate of drug-likeness (QED) is 0.453. The van der Waals surface area contributed by atoms with E-state index in [0.29, 0.717) is 0 Å². The molecule has 1 fully saturated rings. The molecule has 2 heterocycles. The zero-order valence-corrected chi connectivity index (χ0v) is 17.5. The molecule has 0 aliphatic carbocycles. The van der Waals surface area contributed by atoms with Gasteiger partial charge in [-0.3, -0.25) is 9.78 Å². The molecule has 0 bridgehead atoms. The van der Waals surface area contributed by atoms with Gasteiger partial charge in [-0.05, 0) is 42.0 Å². The summed E-state index contributed by atoms with van der Waals surface area (Å²) < 4.78 is 0. The highest BCUT2D eigenvalue weighted by Crippen LogP contribution is 2.28. The second kappa shape index (κ2) is 8.19. The fourth-order valence-electron chi connectivity index (χ4n) is 4.19. The Bertz CT molecular complexity index is 1220. The zero-order chi connectivity index (χ0) is 21.2. The van der Waals surface area contributed by atoms with Gasteiger partial charge in [0.15, 0.2) is 5.78 Å². The van der Waals surface area contributed by atoms with Crippen molar-refractivity contribution in [2.24, 2.45) is 0 Å². The summed E-state index contributed by atoms with van der Waals surface area (Å²) in [4.78, 5) is 25.6. The van der Waals surface area contributed by atoms with Crippen LogP contribution in [0.5, 0.6) is 0 Å². The summed E-state index contributed by atoms with van der Waals surface area (Å²) in [6.07, 6.45) is 3.70. The van der Waals surface area contributed by atoms with Gasteiger partial charge in [0.25, 0.3) is 0 Å². The summed E-state index contributed by atoms with van der Waals surface area (Å²) in [7, 11) is 0. The first kappa shape index (κ1) is 19.2. The van der Waals surface area contributed by atoms with E-state index < -0.39 is 0 Å². The van der Waals surface area contributed by atoms with Gasteiger partial charge >= 0.3 is 0 Å². The molecule has 0 amide bonds. The van der Waals surface area contributed by atoms with Crippen LogP contribution in [0.4, 0.5) is 11.5 Å². The minimum atomic E-state index is 0.0982. The van der Waals surface area contributed by atoms with Crippen molar-refractivity contribution in [3.63, 3.8) is 0 Å². The van der Waals surface area contributed by atoms with E-state index in [4.69, 9.17) is 4.98 Å². The highest BCUT2D eigenvalue weighted by atomic mass is 16.1. The molecule has 0 atom stereocenters. The van der Waals surface area contributed by atoms with Gasteiger partial charge < -0.3 is 9.80 Å². The summed E-state index contributed by atoms with van der Waals surface area (Å²) in [5, 5.41) is 2.40. The largest absolute Gasteiger partial charge is 0.368 e. The van der Waals surface area contributed by atoms with Gasteiger partial charge in [-0.1, -0.05) is 42.5 Å². The first-order valence-electron chi connectivity index (χ1n) is 10.6. The molecule has 5 nitrogen and oxygen atoms in total. The minimum absolute atomic E-state index is 0.0982. The van der Waals surface area contributed by atoms with Crippen LogP contribution in [0.3, 0.4) is 0 Å². The van der Waals surface area contributed by atoms with Crippen molar-refractivity contribution < 1.29 is 4.79 Å². The zero-order valence-electron chi connectivity index (χ0n) is 17.5. The molecular weight excluding hydrogens is 384 g/mol. The number of nitrogens with zero attached hydrogens (tertiary/aromatic N) is 4. The summed E-state index contributed by atoms with van der Waals surface area (Å²) >= 11 is 0. The van der Waals surface area contributed by atoms with Crippen LogP contribution in [0.15, 0.2) is 79.1 Å². The van der Waals surface area contributed by atoms with E-state index in [1.165, 1.54) is 10.8 Å². The maximum atomic E-state index is 11.5. The molecule has 3 aromatic carbocycles. The van der Waals surface area contributed by atoms with Crippen LogP contribution in [-0.2, 0) is 0 Å². The molecule has 0 spiro atoms. The van der Waals surface area contributed by atoms with E-state index in [-0.39, 0.29) is 5.78 Å². The molecular formula is C26H24N4O. The molecule has 1 aromatic heterocycles. The van der Waals surface area contributed by atoms with Crippen LogP contribution >= 0.6 is 0 Å². The number of fused-ring (bicyclic) bond motifs is 1. The van der Waals surface area contributed by atoms with E-state index in [1.54, 1.807) is 6.92 Å². The maximum Gasteiger partial charge on any atom is 0.159 e. The molecule has 5 heteroatoms. The van der Waals surface area contributed by atoms with Crippen LogP contribution in [0.2, 0.25) is 0 Å². The van der Waals surface area contributed by atoms with Gasteiger partial charge in [0, 0.05) is 43.0 Å². The van der Waals surface area contributed by atoms with Crippen LogP contribution in [0, 0.1) is 0 Å². The number of carbonyl (C=O) groups is 1. The Labute approximate surface area is 182 Å². The van der Waals surface area contributed by atoms with Gasteiger partial charge in [0.1, 0.15) is 5.82 Å². The average Bonchev–Trinajstić information content (AvgIpc) is 2.84. The standard InChI is InChI=1S/C26H24N4O/c1-19(31)20-9-11-22(12-10-20)29-13-15-30(16-14-29)26-18-27-17-25(28-26)24-8-4-6-21-5-2-3-7-23(21)24/h2-12,17-18H,13-16H2,1H3. The van der Waals surface area contributed by atoms with E-state index in [2.05, 4.69) is 57.2 Å². The second-order valence-electron chi connectivity index (χ2n) is 7.87. The van der Waals surface area contributed by atoms with Crippen molar-refractivity contribution in [2.75, 3.05) is 36.0 Å². The summed E-state index contributed by atoms with van der Waals surface area (Å²) in [5.41, 5.74) is 3.91. The van der Waals surface area contributed by atoms with Gasteiger partial charge in [0.2, 0.25) is 0 Å². The van der Waals surface area contributed by atoms with Crippen LogP contribution < -0.4 is 9.80 Å². The minimum Gasteiger partial charge on any atom is -0.368 e. The summed E-state index contributed by atoms with van der Waals surface area (Å²) in [5.74, 6) is 1.01. The van der Waals surface area contributed by atoms with Crippen molar-refractivity contribution in [1.29, 1.82) is 0 Å². The highest BCUT2D eigenvalue weighted by Gasteiger charge is 2.19. The van der Waals surface area contributed by atoms with E-state index in [0.717, 1.165) is 54.5 Å². The predicted molar refractivity (Wildman–Crippen MR) is 126 cm³/mol. The molecule has 0 unspecified atom stereocenters. The molecule has 0 radical (unpaired) electrons. The molecule has 1 saturated heterocycles. The molecule has 0 saturated carbocycles. The number of carbonyl (C=O) groups excluding carboxylic acids is 1. The first-order chi connectivity index (χ1) is 15.2. The first-order valence-corrected chi connectivity index (χ1v) is 10.6. The van der Waals surface area contributed by atoms with Gasteiger partial charge in [-0.25, -0.2) is 4.98 Å². The number of piperazine rings is 1. The average molecular weight is 409 g/mol. The molecule has 0 N–H and O–H groups in total. The van der Waals surface area contributed by atoms with Crippen LogP contribution in [0.1, 0.15) is 17.3 Å². The molecule has 154 valence electrons. The van der Waals surface area contributed by atoms with Crippen molar-refractivity contribution in [1.82, 2.24) is 9.97 Å². The van der Waals surface area contributed by atoms with E-state index >= 15 is 0 Å². The Morgan fingerprint density at radius 2 is 1.52 bits per heavy atom. The van der Waals surface area contributed by atoms with Crippen molar-refractivity contribution in [2.45, 2.75) is 6.92 Å². The lowest BCUT2D eigenvalue weighted by Crippen LogP contribution is -2.46. The monoisotopic (exact) mass is 408 g/mol. The Hall–Kier alpha value is -3.73. The highest BCUT2D eigenvalue weighted by molar-refractivity contribution is 5.96. The molecule has 31 heavy (non-hydrogen) atoms. The van der Waals surface area contributed by atoms with Crippen molar-refractivity contribution >= 4 is 28.1 Å². The fourth-order valence-corrected chi connectivity index (χ4v) is 4.19.